The fourth-order valence-corrected chi connectivity index (χ4v) is 6.80. The van der Waals surface area contributed by atoms with Crippen molar-refractivity contribution in [1.82, 2.24) is 4.57 Å². The number of fused-ring (bicyclic) bond motifs is 7. The molecular weight excluding hydrogens is 486 g/mol. The summed E-state index contributed by atoms with van der Waals surface area (Å²) in [6.45, 7) is 0. The molecule has 5 aromatic carbocycles. The van der Waals surface area contributed by atoms with E-state index in [0.717, 1.165) is 4.47 Å². The zero-order chi connectivity index (χ0) is 21.9. The molecule has 0 bridgehead atoms. The van der Waals surface area contributed by atoms with Crippen LogP contribution in [0.3, 0.4) is 0 Å². The second-order valence-corrected chi connectivity index (χ2v) is 10.2. The summed E-state index contributed by atoms with van der Waals surface area (Å²) in [5, 5.41) is 5.18. The molecule has 7 aromatic rings. The third-order valence-electron chi connectivity index (χ3n) is 6.45. The van der Waals surface area contributed by atoms with E-state index in [9.17, 15) is 0 Å². The Morgan fingerprint density at radius 3 is 2.21 bits per heavy atom. The highest BCUT2D eigenvalue weighted by Crippen LogP contribution is 2.46. The lowest BCUT2D eigenvalue weighted by molar-refractivity contribution is 1.19. The van der Waals surface area contributed by atoms with Crippen LogP contribution in [0.2, 0.25) is 0 Å². The first kappa shape index (κ1) is 19.1. The maximum Gasteiger partial charge on any atom is 0.0635 e. The lowest BCUT2D eigenvalue weighted by Crippen LogP contribution is -1.95. The van der Waals surface area contributed by atoms with Crippen molar-refractivity contribution in [3.05, 3.63) is 114 Å². The van der Waals surface area contributed by atoms with Crippen LogP contribution in [0.5, 0.6) is 0 Å². The summed E-state index contributed by atoms with van der Waals surface area (Å²) in [5.41, 5.74) is 6.14. The third kappa shape index (κ3) is 2.83. The van der Waals surface area contributed by atoms with Crippen molar-refractivity contribution < 1.29 is 0 Å². The number of halogens is 1. The summed E-state index contributed by atoms with van der Waals surface area (Å²) in [5.74, 6) is 0. The molecule has 0 radical (unpaired) electrons. The first-order valence-electron chi connectivity index (χ1n) is 11.0. The van der Waals surface area contributed by atoms with E-state index in [2.05, 4.69) is 130 Å². The van der Waals surface area contributed by atoms with Crippen LogP contribution in [0.1, 0.15) is 0 Å². The number of hydrogen-bond donors (Lipinski definition) is 0. The number of aromatic nitrogens is 1. The van der Waals surface area contributed by atoms with Gasteiger partial charge in [-0.2, -0.15) is 0 Å². The van der Waals surface area contributed by atoms with Crippen molar-refractivity contribution >= 4 is 69.2 Å². The SMILES string of the molecule is Brc1cc2c3ccccc3n(-c3cccc(-c4ccccc4)c3)c2c2c1sc1ccccc12. The fraction of sp³-hybridized carbons (Fsp3) is 0. The molecule has 3 heteroatoms. The van der Waals surface area contributed by atoms with Gasteiger partial charge in [0.05, 0.1) is 15.7 Å². The molecule has 0 N–H and O–H groups in total. The van der Waals surface area contributed by atoms with Crippen molar-refractivity contribution in [1.29, 1.82) is 0 Å². The van der Waals surface area contributed by atoms with Gasteiger partial charge in [-0.05, 0) is 57.4 Å². The summed E-state index contributed by atoms with van der Waals surface area (Å²) < 4.78 is 6.22. The molecule has 0 saturated heterocycles. The van der Waals surface area contributed by atoms with Crippen LogP contribution in [0.25, 0.3) is 58.8 Å². The molecule has 0 aliphatic heterocycles. The van der Waals surface area contributed by atoms with Crippen molar-refractivity contribution in [2.75, 3.05) is 0 Å². The van der Waals surface area contributed by atoms with E-state index < -0.39 is 0 Å². The molecule has 2 heterocycles. The minimum absolute atomic E-state index is 1.16. The Bertz CT molecular complexity index is 1830. The number of nitrogens with zero attached hydrogens (tertiary/aromatic N) is 1. The van der Waals surface area contributed by atoms with Gasteiger partial charge in [-0.1, -0.05) is 78.9 Å². The Hall–Kier alpha value is -3.40. The molecule has 0 unspecified atom stereocenters. The summed E-state index contributed by atoms with van der Waals surface area (Å²) >= 11 is 5.75. The second-order valence-electron chi connectivity index (χ2n) is 8.33. The maximum absolute atomic E-state index is 3.89. The largest absolute Gasteiger partial charge is 0.309 e. The second kappa shape index (κ2) is 7.31. The van der Waals surface area contributed by atoms with Gasteiger partial charge in [0.1, 0.15) is 0 Å². The van der Waals surface area contributed by atoms with E-state index in [1.165, 1.54) is 58.8 Å². The van der Waals surface area contributed by atoms with Gasteiger partial charge in [0.2, 0.25) is 0 Å². The van der Waals surface area contributed by atoms with Gasteiger partial charge in [0, 0.05) is 36.4 Å². The van der Waals surface area contributed by atoms with Gasteiger partial charge >= 0.3 is 0 Å². The number of hydrogen-bond acceptors (Lipinski definition) is 1. The van der Waals surface area contributed by atoms with Crippen LogP contribution < -0.4 is 0 Å². The molecule has 1 nitrogen and oxygen atoms in total. The lowest BCUT2D eigenvalue weighted by Gasteiger charge is -2.11. The lowest BCUT2D eigenvalue weighted by atomic mass is 10.0. The highest BCUT2D eigenvalue weighted by molar-refractivity contribution is 9.10. The number of benzene rings is 5. The molecule has 33 heavy (non-hydrogen) atoms. The van der Waals surface area contributed by atoms with Gasteiger partial charge in [0.15, 0.2) is 0 Å². The summed E-state index contributed by atoms with van der Waals surface area (Å²) in [6.07, 6.45) is 0. The molecule has 0 spiro atoms. The molecule has 2 aromatic heterocycles. The van der Waals surface area contributed by atoms with Gasteiger partial charge in [-0.15, -0.1) is 11.3 Å². The average molecular weight is 504 g/mol. The quantitative estimate of drug-likeness (QED) is 0.221. The van der Waals surface area contributed by atoms with Crippen molar-refractivity contribution in [3.63, 3.8) is 0 Å². The monoisotopic (exact) mass is 503 g/mol. The average Bonchev–Trinajstić information content (AvgIpc) is 3.41. The third-order valence-corrected chi connectivity index (χ3v) is 8.54. The minimum atomic E-state index is 1.16. The molecule has 0 aliphatic carbocycles. The summed E-state index contributed by atoms with van der Waals surface area (Å²) in [6, 6.07) is 39.3. The predicted molar refractivity (Wildman–Crippen MR) is 147 cm³/mol. The van der Waals surface area contributed by atoms with Crippen LogP contribution in [0, 0.1) is 0 Å². The molecule has 156 valence electrons. The maximum atomic E-state index is 3.89. The van der Waals surface area contributed by atoms with Crippen molar-refractivity contribution in [2.24, 2.45) is 0 Å². The predicted octanol–water partition coefficient (Wildman–Crippen LogP) is 9.58. The smallest absolute Gasteiger partial charge is 0.0635 e. The van der Waals surface area contributed by atoms with E-state index in [0.29, 0.717) is 0 Å². The van der Waals surface area contributed by atoms with Gasteiger partial charge in [0.25, 0.3) is 0 Å². The molecule has 0 atom stereocenters. The molecule has 0 aliphatic rings. The van der Waals surface area contributed by atoms with Gasteiger partial charge in [-0.3, -0.25) is 0 Å². The van der Waals surface area contributed by atoms with Crippen LogP contribution in [-0.2, 0) is 0 Å². The van der Waals surface area contributed by atoms with Crippen LogP contribution in [-0.4, -0.2) is 4.57 Å². The highest BCUT2D eigenvalue weighted by atomic mass is 79.9. The van der Waals surface area contributed by atoms with Crippen LogP contribution in [0.4, 0.5) is 0 Å². The summed E-state index contributed by atoms with van der Waals surface area (Å²) in [4.78, 5) is 0. The number of thiophene rings is 1. The Morgan fingerprint density at radius 2 is 1.33 bits per heavy atom. The minimum Gasteiger partial charge on any atom is -0.309 e. The Labute approximate surface area is 203 Å². The first-order valence-corrected chi connectivity index (χ1v) is 12.6. The van der Waals surface area contributed by atoms with Crippen molar-refractivity contribution in [3.8, 4) is 16.8 Å². The molecule has 0 fully saturated rings. The summed E-state index contributed by atoms with van der Waals surface area (Å²) in [7, 11) is 0. The zero-order valence-corrected chi connectivity index (χ0v) is 20.0. The van der Waals surface area contributed by atoms with Crippen LogP contribution in [0.15, 0.2) is 114 Å². The highest BCUT2D eigenvalue weighted by Gasteiger charge is 2.20. The van der Waals surface area contributed by atoms with Crippen LogP contribution >= 0.6 is 27.3 Å². The van der Waals surface area contributed by atoms with E-state index >= 15 is 0 Å². The van der Waals surface area contributed by atoms with E-state index in [4.69, 9.17) is 0 Å². The van der Waals surface area contributed by atoms with Gasteiger partial charge < -0.3 is 4.57 Å². The molecule has 0 saturated carbocycles. The topological polar surface area (TPSA) is 4.93 Å². The molecule has 0 amide bonds. The first-order chi connectivity index (χ1) is 16.3. The molecular formula is C30H18BrNS. The fourth-order valence-electron chi connectivity index (χ4n) is 5.02. The van der Waals surface area contributed by atoms with Crippen molar-refractivity contribution in [2.45, 2.75) is 0 Å². The Balaban J connectivity index is 1.67. The van der Waals surface area contributed by atoms with E-state index in [1.807, 2.05) is 11.3 Å². The van der Waals surface area contributed by atoms with Gasteiger partial charge in [-0.25, -0.2) is 0 Å². The Morgan fingerprint density at radius 1 is 0.606 bits per heavy atom. The normalized spacial score (nSPS) is 11.8. The Kier molecular flexibility index (Phi) is 4.23. The van der Waals surface area contributed by atoms with E-state index in [-0.39, 0.29) is 0 Å². The van der Waals surface area contributed by atoms with E-state index in [1.54, 1.807) is 0 Å². The zero-order valence-electron chi connectivity index (χ0n) is 17.6. The standard InChI is InChI=1S/C30H18BrNS/c31-25-18-24-22-13-4-6-15-26(22)32(21-12-8-11-20(17-21)19-9-2-1-3-10-19)29(24)28-23-14-5-7-16-27(23)33-30(25)28/h1-18H. The number of para-hydroxylation sites is 1. The molecule has 7 rings (SSSR count). The number of rotatable bonds is 2.